The topological polar surface area (TPSA) is 0 Å². The molecule has 0 rings (SSSR count). The highest BCUT2D eigenvalue weighted by Crippen LogP contribution is 2.73. The molecule has 0 aliphatic carbocycles. The molecule has 0 fully saturated rings. The Bertz CT molecular complexity index is 95.8. The molecule has 0 unspecified atom stereocenters. The molecule has 10 heavy (non-hydrogen) atoms. The van der Waals surface area contributed by atoms with E-state index >= 15 is 0 Å². The third-order valence-electron chi connectivity index (χ3n) is 0.445. The highest BCUT2D eigenvalue weighted by Gasteiger charge is 2.45. The van der Waals surface area contributed by atoms with Crippen molar-refractivity contribution in [3.05, 3.63) is 0 Å². The first-order chi connectivity index (χ1) is 4.15. The maximum atomic E-state index is 5.51. The van der Waals surface area contributed by atoms with Gasteiger partial charge in [0, 0.05) is 0 Å². The van der Waals surface area contributed by atoms with E-state index in [1.54, 1.807) is 0 Å². The summed E-state index contributed by atoms with van der Waals surface area (Å²) in [5.41, 5.74) is 0. The second kappa shape index (κ2) is 4.11. The van der Waals surface area contributed by atoms with Crippen LogP contribution in [0.1, 0.15) is 0 Å². The molecule has 0 amide bonds. The Labute approximate surface area is 94.5 Å². The van der Waals surface area contributed by atoms with Gasteiger partial charge >= 0.3 is 0 Å². The minimum Gasteiger partial charge on any atom is -0.0871 e. The molecule has 8 heteroatoms. The summed E-state index contributed by atoms with van der Waals surface area (Å²) in [6.07, 6.45) is 0. The molecule has 0 bridgehead atoms. The van der Waals surface area contributed by atoms with E-state index in [-0.39, 0.29) is 0 Å². The van der Waals surface area contributed by atoms with Gasteiger partial charge in [0.05, 0.1) is 7.27 Å². The molecule has 62 valence electrons. The lowest BCUT2D eigenvalue weighted by Crippen LogP contribution is -2.07. The normalized spacial score (nSPS) is 14.4. The van der Waals surface area contributed by atoms with Crippen LogP contribution in [0.15, 0.2) is 0 Å². The monoisotopic (exact) mass is 300 g/mol. The Morgan fingerprint density at radius 2 is 0.900 bits per heavy atom. The van der Waals surface area contributed by atoms with Gasteiger partial charge in [-0.1, -0.05) is 80.8 Å². The van der Waals surface area contributed by atoms with E-state index in [4.69, 9.17) is 80.8 Å². The zero-order valence-electron chi connectivity index (χ0n) is 4.09. The van der Waals surface area contributed by atoms with Gasteiger partial charge in [-0.05, 0) is 0 Å². The molecule has 0 aliphatic heterocycles. The number of hydrogen-bond donors (Lipinski definition) is 0. The fourth-order valence-corrected chi connectivity index (χ4v) is 3.88. The SMILES string of the molecule is ClP(C(Cl)(Cl)Cl)C(Cl)(Cl)Cl. The van der Waals surface area contributed by atoms with E-state index in [1.165, 1.54) is 0 Å². The van der Waals surface area contributed by atoms with E-state index in [0.29, 0.717) is 0 Å². The highest BCUT2D eigenvalue weighted by atomic mass is 35.7. The van der Waals surface area contributed by atoms with E-state index in [9.17, 15) is 0 Å². The largest absolute Gasteiger partial charge is 0.226 e. The maximum absolute atomic E-state index is 5.51. The average Bonchev–Trinajstić information content (AvgIpc) is 1.59. The fourth-order valence-electron chi connectivity index (χ4n) is 0.144. The van der Waals surface area contributed by atoms with Crippen molar-refractivity contribution < 1.29 is 0 Å². The summed E-state index contributed by atoms with van der Waals surface area (Å²) in [4.78, 5) is 0. The van der Waals surface area contributed by atoms with Crippen LogP contribution in [0, 0.1) is 0 Å². The van der Waals surface area contributed by atoms with Gasteiger partial charge in [0.25, 0.3) is 0 Å². The first-order valence-corrected chi connectivity index (χ1v) is 6.26. The minimum atomic E-state index is -1.80. The lowest BCUT2D eigenvalue weighted by molar-refractivity contribution is 1.63. The first-order valence-electron chi connectivity index (χ1n) is 1.75. The average molecular weight is 303 g/mol. The summed E-state index contributed by atoms with van der Waals surface area (Å²) in [6.45, 7) is 0. The van der Waals surface area contributed by atoms with Crippen LogP contribution in [-0.2, 0) is 0 Å². The van der Waals surface area contributed by atoms with Crippen LogP contribution in [0.4, 0.5) is 0 Å². The smallest absolute Gasteiger partial charge is 0.0871 e. The van der Waals surface area contributed by atoms with Crippen molar-refractivity contribution in [1.29, 1.82) is 0 Å². The summed E-state index contributed by atoms with van der Waals surface area (Å²) < 4.78 is -3.41. The van der Waals surface area contributed by atoms with Gasteiger partial charge in [0.15, 0.2) is 0 Å². The van der Waals surface area contributed by atoms with Gasteiger partial charge in [-0.2, -0.15) is 0 Å². The zero-order chi connectivity index (χ0) is 8.58. The Morgan fingerprint density at radius 1 is 0.700 bits per heavy atom. The molecule has 0 N–H and O–H groups in total. The van der Waals surface area contributed by atoms with Crippen LogP contribution in [0.2, 0.25) is 0 Å². The van der Waals surface area contributed by atoms with Crippen molar-refractivity contribution in [2.45, 2.75) is 7.07 Å². The van der Waals surface area contributed by atoms with Gasteiger partial charge in [-0.3, -0.25) is 0 Å². The lowest BCUT2D eigenvalue weighted by atomic mass is 11.8. The summed E-state index contributed by atoms with van der Waals surface area (Å²) in [6, 6.07) is 0. The van der Waals surface area contributed by atoms with Crippen molar-refractivity contribution >= 4 is 88.1 Å². The van der Waals surface area contributed by atoms with Crippen LogP contribution in [-0.4, -0.2) is 7.07 Å². The quantitative estimate of drug-likeness (QED) is 0.422. The molecular formula is C2Cl7P. The van der Waals surface area contributed by atoms with Crippen molar-refractivity contribution in [1.82, 2.24) is 0 Å². The molecule has 0 aromatic rings. The van der Waals surface area contributed by atoms with E-state index in [2.05, 4.69) is 0 Å². The molecule has 0 radical (unpaired) electrons. The molecule has 0 heterocycles. The number of halogens is 7. The van der Waals surface area contributed by atoms with Crippen LogP contribution < -0.4 is 0 Å². The third-order valence-corrected chi connectivity index (χ3v) is 7.46. The van der Waals surface area contributed by atoms with E-state index < -0.39 is 14.3 Å². The van der Waals surface area contributed by atoms with Gasteiger partial charge in [-0.25, -0.2) is 0 Å². The fraction of sp³-hybridized carbons (Fsp3) is 1.00. The van der Waals surface area contributed by atoms with Crippen LogP contribution in [0.3, 0.4) is 0 Å². The lowest BCUT2D eigenvalue weighted by Gasteiger charge is -2.23. The van der Waals surface area contributed by atoms with Crippen molar-refractivity contribution in [3.8, 4) is 0 Å². The number of alkyl halides is 6. The van der Waals surface area contributed by atoms with Crippen LogP contribution in [0.5, 0.6) is 0 Å². The standard InChI is InChI=1S/C2Cl7P/c3-1(4,5)10(9)2(6,7)8. The molecule has 0 aliphatic rings. The molecule has 0 saturated carbocycles. The maximum Gasteiger partial charge on any atom is 0.226 e. The van der Waals surface area contributed by atoms with Crippen molar-refractivity contribution in [2.24, 2.45) is 0 Å². The molecular weight excluding hydrogens is 303 g/mol. The summed E-state index contributed by atoms with van der Waals surface area (Å²) >= 11 is 37.6. The van der Waals surface area contributed by atoms with Gasteiger partial charge in [-0.15, -0.1) is 0 Å². The van der Waals surface area contributed by atoms with E-state index in [0.717, 1.165) is 0 Å². The predicted molar refractivity (Wildman–Crippen MR) is 53.4 cm³/mol. The Morgan fingerprint density at radius 3 is 0.900 bits per heavy atom. The van der Waals surface area contributed by atoms with Gasteiger partial charge < -0.3 is 0 Å². The number of hydrogen-bond acceptors (Lipinski definition) is 0. The first kappa shape index (κ1) is 12.5. The Kier molecular flexibility index (Phi) is 5.12. The second-order valence-corrected chi connectivity index (χ2v) is 10.3. The zero-order valence-corrected chi connectivity index (χ0v) is 10.3. The van der Waals surface area contributed by atoms with Gasteiger partial charge in [0.1, 0.15) is 0 Å². The van der Waals surface area contributed by atoms with Gasteiger partial charge in [0.2, 0.25) is 7.07 Å². The molecule has 0 aromatic carbocycles. The summed E-state index contributed by atoms with van der Waals surface area (Å²) in [7, 11) is -1.80. The van der Waals surface area contributed by atoms with Crippen LogP contribution >= 0.6 is 88.1 Å². The van der Waals surface area contributed by atoms with Crippen LogP contribution in [0.25, 0.3) is 0 Å². The Balaban J connectivity index is 4.23. The predicted octanol–water partition coefficient (Wildman–Crippen LogP) is 5.28. The second-order valence-electron chi connectivity index (χ2n) is 1.22. The summed E-state index contributed by atoms with van der Waals surface area (Å²) in [5, 5.41) is 0. The molecule has 0 nitrogen and oxygen atoms in total. The Hall–Kier alpha value is 2.46. The molecule has 0 spiro atoms. The molecule has 0 atom stereocenters. The van der Waals surface area contributed by atoms with Crippen molar-refractivity contribution in [2.75, 3.05) is 0 Å². The van der Waals surface area contributed by atoms with E-state index in [1.807, 2.05) is 0 Å². The number of rotatable bonds is 0. The molecule has 0 saturated heterocycles. The minimum absolute atomic E-state index is 1.71. The third kappa shape index (κ3) is 4.48. The molecule has 0 aromatic heterocycles. The summed E-state index contributed by atoms with van der Waals surface area (Å²) in [5.74, 6) is 0. The highest BCUT2D eigenvalue weighted by molar-refractivity contribution is 7.94. The van der Waals surface area contributed by atoms with Crippen molar-refractivity contribution in [3.63, 3.8) is 0 Å².